The quantitative estimate of drug-likeness (QED) is 0.810. The summed E-state index contributed by atoms with van der Waals surface area (Å²) in [6.07, 6.45) is 1.37. The van der Waals surface area contributed by atoms with Crippen molar-refractivity contribution in [1.29, 1.82) is 0 Å². The maximum Gasteiger partial charge on any atom is 0.344 e. The van der Waals surface area contributed by atoms with E-state index in [1.165, 1.54) is 24.4 Å². The summed E-state index contributed by atoms with van der Waals surface area (Å²) in [5.41, 5.74) is 0. The number of carbonyl (C=O) groups is 1. The van der Waals surface area contributed by atoms with Crippen LogP contribution in [0, 0.1) is 0 Å². The Labute approximate surface area is 137 Å². The molecule has 0 unspecified atom stereocenters. The summed E-state index contributed by atoms with van der Waals surface area (Å²) in [7, 11) is -3.75. The minimum absolute atomic E-state index is 0.127. The van der Waals surface area contributed by atoms with Gasteiger partial charge in [-0.2, -0.15) is 9.78 Å². The van der Waals surface area contributed by atoms with Crippen LogP contribution in [0.25, 0.3) is 0 Å². The molecule has 22 heavy (non-hydrogen) atoms. The first-order valence-corrected chi connectivity index (χ1v) is 9.03. The molecule has 0 aliphatic rings. The van der Waals surface area contributed by atoms with Gasteiger partial charge in [0.1, 0.15) is 0 Å². The lowest BCUT2D eigenvalue weighted by molar-refractivity contribution is 0.201. The van der Waals surface area contributed by atoms with E-state index < -0.39 is 9.84 Å². The van der Waals surface area contributed by atoms with Gasteiger partial charge < -0.3 is 4.90 Å². The fourth-order valence-electron chi connectivity index (χ4n) is 1.95. The number of nitrogens with zero attached hydrogens (tertiary/aromatic N) is 3. The minimum Gasteiger partial charge on any atom is -0.323 e. The van der Waals surface area contributed by atoms with Gasteiger partial charge in [-0.05, 0) is 38.1 Å². The molecule has 0 radical (unpaired) electrons. The van der Waals surface area contributed by atoms with Crippen molar-refractivity contribution in [1.82, 2.24) is 14.7 Å². The van der Waals surface area contributed by atoms with Gasteiger partial charge in [-0.15, -0.1) is 0 Å². The molecular formula is C14H16BrN3O3S. The molecule has 0 atom stereocenters. The Morgan fingerprint density at radius 2 is 1.95 bits per heavy atom. The predicted molar refractivity (Wildman–Crippen MR) is 85.5 cm³/mol. The second-order valence-corrected chi connectivity index (χ2v) is 7.33. The average molecular weight is 386 g/mol. The van der Waals surface area contributed by atoms with Gasteiger partial charge in [-0.3, -0.25) is 0 Å². The molecule has 0 spiro atoms. The zero-order valence-corrected chi connectivity index (χ0v) is 14.6. The molecule has 1 amide bonds. The van der Waals surface area contributed by atoms with E-state index in [1.54, 1.807) is 17.0 Å². The van der Waals surface area contributed by atoms with Gasteiger partial charge in [0, 0.05) is 23.8 Å². The van der Waals surface area contributed by atoms with Gasteiger partial charge in [0.25, 0.3) is 0 Å². The van der Waals surface area contributed by atoms with Crippen molar-refractivity contribution >= 4 is 31.8 Å². The van der Waals surface area contributed by atoms with Gasteiger partial charge in [-0.25, -0.2) is 13.2 Å². The molecule has 0 saturated heterocycles. The molecule has 0 bridgehead atoms. The highest BCUT2D eigenvalue weighted by atomic mass is 79.9. The number of sulfone groups is 1. The first-order valence-electron chi connectivity index (χ1n) is 6.75. The summed E-state index contributed by atoms with van der Waals surface area (Å²) in [5, 5.41) is 3.78. The van der Waals surface area contributed by atoms with Crippen molar-refractivity contribution in [2.75, 3.05) is 13.1 Å². The lowest BCUT2D eigenvalue weighted by Gasteiger charge is -2.17. The largest absolute Gasteiger partial charge is 0.344 e. The Morgan fingerprint density at radius 1 is 1.27 bits per heavy atom. The number of benzene rings is 1. The highest BCUT2D eigenvalue weighted by molar-refractivity contribution is 9.10. The second-order valence-electron chi connectivity index (χ2n) is 4.51. The van der Waals surface area contributed by atoms with E-state index in [9.17, 15) is 13.2 Å². The van der Waals surface area contributed by atoms with E-state index in [-0.39, 0.29) is 16.0 Å². The maximum absolute atomic E-state index is 12.5. The highest BCUT2D eigenvalue weighted by Crippen LogP contribution is 2.22. The zero-order chi connectivity index (χ0) is 16.3. The van der Waals surface area contributed by atoms with E-state index in [4.69, 9.17) is 0 Å². The van der Waals surface area contributed by atoms with Gasteiger partial charge >= 0.3 is 6.03 Å². The number of carbonyl (C=O) groups excluding carboxylic acids is 1. The average Bonchev–Trinajstić information content (AvgIpc) is 2.99. The fraction of sp³-hybridized carbons (Fsp3) is 0.286. The van der Waals surface area contributed by atoms with E-state index in [0.29, 0.717) is 17.6 Å². The van der Waals surface area contributed by atoms with E-state index in [0.717, 1.165) is 4.68 Å². The molecule has 2 rings (SSSR count). The van der Waals surface area contributed by atoms with E-state index >= 15 is 0 Å². The smallest absolute Gasteiger partial charge is 0.323 e. The normalized spacial score (nSPS) is 11.4. The molecule has 0 aliphatic carbocycles. The number of rotatable bonds is 4. The Kier molecular flexibility index (Phi) is 5.02. The second kappa shape index (κ2) is 6.62. The van der Waals surface area contributed by atoms with Crippen molar-refractivity contribution in [3.05, 3.63) is 41.0 Å². The van der Waals surface area contributed by atoms with Crippen LogP contribution in [0.15, 0.2) is 50.9 Å². The third-order valence-corrected chi connectivity index (χ3v) is 5.31. The van der Waals surface area contributed by atoms with Crippen molar-refractivity contribution in [3.8, 4) is 0 Å². The number of hydrogen-bond acceptors (Lipinski definition) is 4. The van der Waals surface area contributed by atoms with Crippen LogP contribution in [0.5, 0.6) is 0 Å². The summed E-state index contributed by atoms with van der Waals surface area (Å²) in [5.74, 6) is 0. The first kappa shape index (κ1) is 16.7. The van der Waals surface area contributed by atoms with Crippen molar-refractivity contribution in [2.45, 2.75) is 23.8 Å². The predicted octanol–water partition coefficient (Wildman–Crippen LogP) is 2.79. The lowest BCUT2D eigenvalue weighted by atomic mass is 10.4. The third kappa shape index (κ3) is 3.22. The van der Waals surface area contributed by atoms with Crippen LogP contribution in [-0.2, 0) is 9.84 Å². The minimum atomic E-state index is -3.75. The van der Waals surface area contributed by atoms with Crippen LogP contribution in [0.4, 0.5) is 4.79 Å². The number of aromatic nitrogens is 2. The molecule has 0 fully saturated rings. The van der Waals surface area contributed by atoms with Gasteiger partial charge in [0.2, 0.25) is 9.84 Å². The molecule has 2 aromatic rings. The first-order chi connectivity index (χ1) is 10.4. The van der Waals surface area contributed by atoms with Crippen molar-refractivity contribution in [2.24, 2.45) is 0 Å². The molecule has 0 saturated carbocycles. The fourth-order valence-corrected chi connectivity index (χ4v) is 3.72. The SMILES string of the molecule is CCN(CC)C(=O)n1ccc(S(=O)(=O)c2cccc(Br)c2)n1. The van der Waals surface area contributed by atoms with Crippen LogP contribution in [0.2, 0.25) is 0 Å². The molecule has 1 aromatic heterocycles. The standard InChI is InChI=1S/C14H16BrN3O3S/c1-3-17(4-2)14(19)18-9-8-13(16-18)22(20,21)12-7-5-6-11(15)10-12/h5-10H,3-4H2,1-2H3. The van der Waals surface area contributed by atoms with Crippen molar-refractivity contribution in [3.63, 3.8) is 0 Å². The third-order valence-electron chi connectivity index (χ3n) is 3.18. The van der Waals surface area contributed by atoms with E-state index in [2.05, 4.69) is 21.0 Å². The van der Waals surface area contributed by atoms with E-state index in [1.807, 2.05) is 13.8 Å². The van der Waals surface area contributed by atoms with Crippen LogP contribution < -0.4 is 0 Å². The van der Waals surface area contributed by atoms with Gasteiger partial charge in [-0.1, -0.05) is 22.0 Å². The molecule has 0 aliphatic heterocycles. The molecular weight excluding hydrogens is 370 g/mol. The summed E-state index contributed by atoms with van der Waals surface area (Å²) >= 11 is 3.24. The molecule has 8 heteroatoms. The summed E-state index contributed by atoms with van der Waals surface area (Å²) in [4.78, 5) is 13.8. The number of hydrogen-bond donors (Lipinski definition) is 0. The van der Waals surface area contributed by atoms with Crippen LogP contribution in [0.3, 0.4) is 0 Å². The monoisotopic (exact) mass is 385 g/mol. The molecule has 1 aromatic carbocycles. The number of amides is 1. The molecule has 118 valence electrons. The molecule has 0 N–H and O–H groups in total. The number of halogens is 1. The lowest BCUT2D eigenvalue weighted by Crippen LogP contribution is -2.34. The Bertz CT molecular complexity index is 782. The zero-order valence-electron chi connectivity index (χ0n) is 12.2. The maximum atomic E-state index is 12.5. The molecule has 6 nitrogen and oxygen atoms in total. The van der Waals surface area contributed by atoms with Gasteiger partial charge in [0.15, 0.2) is 5.03 Å². The Morgan fingerprint density at radius 3 is 2.55 bits per heavy atom. The molecule has 1 heterocycles. The van der Waals surface area contributed by atoms with Crippen molar-refractivity contribution < 1.29 is 13.2 Å². The Balaban J connectivity index is 2.37. The van der Waals surface area contributed by atoms with Crippen LogP contribution in [-0.4, -0.2) is 42.2 Å². The summed E-state index contributed by atoms with van der Waals surface area (Å²) in [6.45, 7) is 4.76. The van der Waals surface area contributed by atoms with Gasteiger partial charge in [0.05, 0.1) is 4.90 Å². The van der Waals surface area contributed by atoms with Crippen LogP contribution in [0.1, 0.15) is 13.8 Å². The van der Waals surface area contributed by atoms with Crippen LogP contribution >= 0.6 is 15.9 Å². The topological polar surface area (TPSA) is 72.3 Å². The summed E-state index contributed by atoms with van der Waals surface area (Å²) in [6, 6.07) is 7.35. The summed E-state index contributed by atoms with van der Waals surface area (Å²) < 4.78 is 26.7. The Hall–Kier alpha value is -1.67. The highest BCUT2D eigenvalue weighted by Gasteiger charge is 2.23.